The van der Waals surface area contributed by atoms with Gasteiger partial charge in [0, 0.05) is 11.7 Å². The Kier molecular flexibility index (Phi) is 4.20. The topological polar surface area (TPSA) is 51.0 Å². The molecule has 18 heavy (non-hydrogen) atoms. The zero-order valence-corrected chi connectivity index (χ0v) is 11.5. The summed E-state index contributed by atoms with van der Waals surface area (Å²) >= 11 is 2.06. The quantitative estimate of drug-likeness (QED) is 0.912. The van der Waals surface area contributed by atoms with Gasteiger partial charge in [-0.2, -0.15) is 16.7 Å². The predicted octanol–water partition coefficient (Wildman–Crippen LogP) is 2.71. The molecule has 2 aliphatic heterocycles. The van der Waals surface area contributed by atoms with Crippen LogP contribution in [0.25, 0.3) is 0 Å². The fourth-order valence-corrected chi connectivity index (χ4v) is 4.03. The summed E-state index contributed by atoms with van der Waals surface area (Å²) in [5, 5.41) is 8.30. The number of nitrogens with one attached hydrogen (secondary N) is 1. The number of aromatic nitrogens is 2. The van der Waals surface area contributed by atoms with Crippen molar-refractivity contribution in [3.8, 4) is 0 Å². The molecule has 0 saturated carbocycles. The number of nitrogens with zero attached hydrogens (tertiary/aromatic N) is 2. The van der Waals surface area contributed by atoms with Crippen molar-refractivity contribution >= 4 is 11.8 Å². The first-order valence-electron chi connectivity index (χ1n) is 7.09. The Morgan fingerprint density at radius 3 is 2.94 bits per heavy atom. The maximum atomic E-state index is 5.41. The van der Waals surface area contributed by atoms with Crippen LogP contribution in [-0.4, -0.2) is 27.7 Å². The molecular formula is C13H21N3OS. The van der Waals surface area contributed by atoms with Crippen molar-refractivity contribution in [3.63, 3.8) is 0 Å². The molecule has 0 aliphatic carbocycles. The first-order chi connectivity index (χ1) is 8.92. The van der Waals surface area contributed by atoms with Crippen LogP contribution < -0.4 is 5.32 Å². The van der Waals surface area contributed by atoms with E-state index in [0.29, 0.717) is 11.3 Å². The van der Waals surface area contributed by atoms with Gasteiger partial charge >= 0.3 is 0 Å². The second-order valence-electron chi connectivity index (χ2n) is 5.24. The van der Waals surface area contributed by atoms with Crippen LogP contribution in [0.2, 0.25) is 0 Å². The molecule has 0 aromatic carbocycles. The van der Waals surface area contributed by atoms with Crippen molar-refractivity contribution in [3.05, 3.63) is 11.7 Å². The lowest BCUT2D eigenvalue weighted by molar-refractivity contribution is 0.347. The second-order valence-corrected chi connectivity index (χ2v) is 6.65. The molecule has 100 valence electrons. The summed E-state index contributed by atoms with van der Waals surface area (Å²) in [4.78, 5) is 4.57. The molecular weight excluding hydrogens is 246 g/mol. The van der Waals surface area contributed by atoms with Gasteiger partial charge in [0.25, 0.3) is 0 Å². The van der Waals surface area contributed by atoms with E-state index in [1.165, 1.54) is 37.9 Å². The SMILES string of the molecule is C1CCC(c2noc(CC3CCCCS3)n2)NC1. The van der Waals surface area contributed by atoms with Crippen LogP contribution in [0.3, 0.4) is 0 Å². The minimum Gasteiger partial charge on any atom is -0.339 e. The highest BCUT2D eigenvalue weighted by Crippen LogP contribution is 2.28. The van der Waals surface area contributed by atoms with E-state index in [1.54, 1.807) is 0 Å². The van der Waals surface area contributed by atoms with Gasteiger partial charge in [-0.25, -0.2) is 0 Å². The summed E-state index contributed by atoms with van der Waals surface area (Å²) in [6.07, 6.45) is 8.62. The fraction of sp³-hybridized carbons (Fsp3) is 0.846. The summed E-state index contributed by atoms with van der Waals surface area (Å²) in [5.74, 6) is 2.98. The van der Waals surface area contributed by atoms with Crippen LogP contribution in [0.5, 0.6) is 0 Å². The van der Waals surface area contributed by atoms with Gasteiger partial charge in [-0.1, -0.05) is 18.0 Å². The molecule has 0 bridgehead atoms. The van der Waals surface area contributed by atoms with E-state index in [0.717, 1.165) is 31.1 Å². The zero-order chi connectivity index (χ0) is 12.2. The van der Waals surface area contributed by atoms with Crippen LogP contribution in [0.4, 0.5) is 0 Å². The normalized spacial score (nSPS) is 29.3. The van der Waals surface area contributed by atoms with E-state index in [-0.39, 0.29) is 0 Å². The van der Waals surface area contributed by atoms with E-state index < -0.39 is 0 Å². The summed E-state index contributed by atoms with van der Waals surface area (Å²) in [5.41, 5.74) is 0. The Bertz CT molecular complexity index is 370. The van der Waals surface area contributed by atoms with Gasteiger partial charge in [-0.15, -0.1) is 0 Å². The minimum absolute atomic E-state index is 0.315. The molecule has 3 heterocycles. The lowest BCUT2D eigenvalue weighted by atomic mass is 10.0. The van der Waals surface area contributed by atoms with Crippen molar-refractivity contribution in [2.75, 3.05) is 12.3 Å². The Labute approximate surface area is 112 Å². The van der Waals surface area contributed by atoms with Gasteiger partial charge in [0.15, 0.2) is 5.82 Å². The zero-order valence-electron chi connectivity index (χ0n) is 10.7. The van der Waals surface area contributed by atoms with Crippen molar-refractivity contribution in [1.82, 2.24) is 15.5 Å². The lowest BCUT2D eigenvalue weighted by Crippen LogP contribution is -2.27. The van der Waals surface area contributed by atoms with Gasteiger partial charge in [-0.05, 0) is 38.0 Å². The molecule has 0 spiro atoms. The lowest BCUT2D eigenvalue weighted by Gasteiger charge is -2.20. The number of hydrogen-bond donors (Lipinski definition) is 1. The minimum atomic E-state index is 0.315. The van der Waals surface area contributed by atoms with Gasteiger partial charge in [0.1, 0.15) is 0 Å². The maximum absolute atomic E-state index is 5.41. The third-order valence-corrected chi connectivity index (χ3v) is 5.18. The summed E-state index contributed by atoms with van der Waals surface area (Å²) in [7, 11) is 0. The Morgan fingerprint density at radius 1 is 1.22 bits per heavy atom. The number of piperidine rings is 1. The van der Waals surface area contributed by atoms with E-state index in [9.17, 15) is 0 Å². The van der Waals surface area contributed by atoms with E-state index in [4.69, 9.17) is 4.52 Å². The molecule has 2 unspecified atom stereocenters. The Balaban J connectivity index is 1.58. The highest BCUT2D eigenvalue weighted by molar-refractivity contribution is 7.99. The molecule has 0 amide bonds. The first kappa shape index (κ1) is 12.5. The third kappa shape index (κ3) is 3.06. The molecule has 4 nitrogen and oxygen atoms in total. The number of hydrogen-bond acceptors (Lipinski definition) is 5. The van der Waals surface area contributed by atoms with Crippen LogP contribution in [0.15, 0.2) is 4.52 Å². The van der Waals surface area contributed by atoms with Crippen LogP contribution in [0.1, 0.15) is 56.3 Å². The average molecular weight is 267 g/mol. The third-order valence-electron chi connectivity index (χ3n) is 3.78. The van der Waals surface area contributed by atoms with Crippen molar-refractivity contribution in [2.45, 2.75) is 56.2 Å². The Hall–Kier alpha value is -0.550. The van der Waals surface area contributed by atoms with Crippen molar-refractivity contribution in [2.24, 2.45) is 0 Å². The number of rotatable bonds is 3. The maximum Gasteiger partial charge on any atom is 0.227 e. The van der Waals surface area contributed by atoms with Crippen molar-refractivity contribution in [1.29, 1.82) is 0 Å². The molecule has 3 rings (SSSR count). The van der Waals surface area contributed by atoms with E-state index >= 15 is 0 Å². The molecule has 2 aliphatic rings. The van der Waals surface area contributed by atoms with Crippen LogP contribution in [-0.2, 0) is 6.42 Å². The standard InChI is InChI=1S/C13H21N3OS/c1-3-7-14-11(6-1)13-15-12(17-16-13)9-10-5-2-4-8-18-10/h10-11,14H,1-9H2. The largest absolute Gasteiger partial charge is 0.339 e. The predicted molar refractivity (Wildman–Crippen MR) is 72.7 cm³/mol. The molecule has 2 fully saturated rings. The fourth-order valence-electron chi connectivity index (χ4n) is 2.73. The molecule has 2 atom stereocenters. The van der Waals surface area contributed by atoms with Crippen molar-refractivity contribution < 1.29 is 4.52 Å². The van der Waals surface area contributed by atoms with Gasteiger partial charge in [-0.3, -0.25) is 0 Å². The molecule has 0 radical (unpaired) electrons. The molecule has 1 N–H and O–H groups in total. The Morgan fingerprint density at radius 2 is 2.17 bits per heavy atom. The van der Waals surface area contributed by atoms with E-state index in [1.807, 2.05) is 0 Å². The molecule has 1 aromatic heterocycles. The van der Waals surface area contributed by atoms with Gasteiger partial charge in [0.2, 0.25) is 5.89 Å². The van der Waals surface area contributed by atoms with Gasteiger partial charge in [0.05, 0.1) is 6.04 Å². The van der Waals surface area contributed by atoms with Crippen LogP contribution in [0, 0.1) is 0 Å². The summed E-state index contributed by atoms with van der Waals surface area (Å²) < 4.78 is 5.41. The second kappa shape index (κ2) is 6.06. The van der Waals surface area contributed by atoms with Gasteiger partial charge < -0.3 is 9.84 Å². The average Bonchev–Trinajstić information content (AvgIpc) is 2.89. The first-order valence-corrected chi connectivity index (χ1v) is 8.14. The highest BCUT2D eigenvalue weighted by atomic mass is 32.2. The number of thioether (sulfide) groups is 1. The summed E-state index contributed by atoms with van der Waals surface area (Å²) in [6, 6.07) is 0.315. The molecule has 5 heteroatoms. The van der Waals surface area contributed by atoms with E-state index in [2.05, 4.69) is 27.2 Å². The highest BCUT2D eigenvalue weighted by Gasteiger charge is 2.22. The van der Waals surface area contributed by atoms with Crippen LogP contribution >= 0.6 is 11.8 Å². The molecule has 1 aromatic rings. The summed E-state index contributed by atoms with van der Waals surface area (Å²) in [6.45, 7) is 1.08. The molecule has 2 saturated heterocycles. The monoisotopic (exact) mass is 267 g/mol. The smallest absolute Gasteiger partial charge is 0.227 e.